The lowest BCUT2D eigenvalue weighted by Gasteiger charge is -2.08. The van der Waals surface area contributed by atoms with Crippen molar-refractivity contribution in [3.63, 3.8) is 0 Å². The first-order valence-electron chi connectivity index (χ1n) is 4.46. The molecule has 0 N–H and O–H groups in total. The van der Waals surface area contributed by atoms with Crippen LogP contribution in [0.4, 0.5) is 18.9 Å². The van der Waals surface area contributed by atoms with Crippen molar-refractivity contribution in [3.05, 3.63) is 39.4 Å². The molecule has 0 aliphatic rings. The zero-order chi connectivity index (χ0) is 13.9. The van der Waals surface area contributed by atoms with E-state index in [4.69, 9.17) is 10.5 Å². The van der Waals surface area contributed by atoms with Gasteiger partial charge in [0.05, 0.1) is 28.2 Å². The van der Waals surface area contributed by atoms with Crippen LogP contribution in [-0.2, 0) is 6.18 Å². The molecule has 0 bridgehead atoms. The van der Waals surface area contributed by atoms with Gasteiger partial charge in [-0.15, -0.1) is 0 Å². The SMILES string of the molecule is N#CC(C#N)c1ccc(C(F)(F)F)cc1[N+](=O)[O-]. The topological polar surface area (TPSA) is 90.7 Å². The van der Waals surface area contributed by atoms with Crippen LogP contribution >= 0.6 is 0 Å². The summed E-state index contributed by atoms with van der Waals surface area (Å²) in [6.45, 7) is 0. The lowest BCUT2D eigenvalue weighted by molar-refractivity contribution is -0.385. The fourth-order valence-corrected chi connectivity index (χ4v) is 1.29. The molecule has 0 spiro atoms. The van der Waals surface area contributed by atoms with Gasteiger partial charge in [0.2, 0.25) is 0 Å². The molecule has 0 unspecified atom stereocenters. The van der Waals surface area contributed by atoms with Crippen molar-refractivity contribution >= 4 is 5.69 Å². The molecule has 1 rings (SSSR count). The molecule has 18 heavy (non-hydrogen) atoms. The lowest BCUT2D eigenvalue weighted by Crippen LogP contribution is -2.07. The van der Waals surface area contributed by atoms with Crippen LogP contribution in [0.1, 0.15) is 17.0 Å². The van der Waals surface area contributed by atoms with E-state index in [1.165, 1.54) is 12.1 Å². The number of nitriles is 2. The molecular weight excluding hydrogens is 251 g/mol. The van der Waals surface area contributed by atoms with Gasteiger partial charge in [-0.3, -0.25) is 10.1 Å². The van der Waals surface area contributed by atoms with E-state index in [1.807, 2.05) is 0 Å². The number of nitrogens with zero attached hydrogens (tertiary/aromatic N) is 3. The average molecular weight is 255 g/mol. The Bertz CT molecular complexity index is 555. The maximum Gasteiger partial charge on any atom is 0.416 e. The molecule has 0 fully saturated rings. The fourth-order valence-electron chi connectivity index (χ4n) is 1.29. The molecule has 0 aliphatic heterocycles. The first-order chi connectivity index (χ1) is 8.31. The highest BCUT2D eigenvalue weighted by Gasteiger charge is 2.34. The molecule has 1 aromatic rings. The Balaban J connectivity index is 3.45. The van der Waals surface area contributed by atoms with Gasteiger partial charge in [-0.25, -0.2) is 0 Å². The minimum atomic E-state index is -4.72. The lowest BCUT2D eigenvalue weighted by atomic mass is 9.98. The van der Waals surface area contributed by atoms with Crippen molar-refractivity contribution in [1.82, 2.24) is 0 Å². The summed E-state index contributed by atoms with van der Waals surface area (Å²) in [4.78, 5) is 9.61. The monoisotopic (exact) mass is 255 g/mol. The van der Waals surface area contributed by atoms with Crippen LogP contribution in [0.3, 0.4) is 0 Å². The third kappa shape index (κ3) is 2.55. The molecule has 92 valence electrons. The van der Waals surface area contributed by atoms with Crippen molar-refractivity contribution in [1.29, 1.82) is 10.5 Å². The predicted octanol–water partition coefficient (Wildman–Crippen LogP) is 2.74. The second-order valence-electron chi connectivity index (χ2n) is 3.22. The minimum absolute atomic E-state index is 0.316. The summed E-state index contributed by atoms with van der Waals surface area (Å²) in [5.74, 6) is -1.48. The Kier molecular flexibility index (Phi) is 3.53. The van der Waals surface area contributed by atoms with Crippen molar-refractivity contribution in [3.8, 4) is 12.1 Å². The van der Waals surface area contributed by atoms with Crippen LogP contribution in [0.5, 0.6) is 0 Å². The summed E-state index contributed by atoms with van der Waals surface area (Å²) in [7, 11) is 0. The van der Waals surface area contributed by atoms with Crippen molar-refractivity contribution < 1.29 is 18.1 Å². The Morgan fingerprint density at radius 3 is 2.22 bits per heavy atom. The molecule has 0 amide bonds. The smallest absolute Gasteiger partial charge is 0.258 e. The van der Waals surface area contributed by atoms with Crippen LogP contribution in [-0.4, -0.2) is 4.92 Å². The van der Waals surface area contributed by atoms with Crippen LogP contribution in [0.15, 0.2) is 18.2 Å². The third-order valence-corrected chi connectivity index (χ3v) is 2.12. The third-order valence-electron chi connectivity index (χ3n) is 2.12. The van der Waals surface area contributed by atoms with Crippen molar-refractivity contribution in [2.24, 2.45) is 0 Å². The molecule has 8 heteroatoms. The van der Waals surface area contributed by atoms with E-state index < -0.39 is 28.3 Å². The highest BCUT2D eigenvalue weighted by molar-refractivity contribution is 5.50. The van der Waals surface area contributed by atoms with Gasteiger partial charge >= 0.3 is 6.18 Å². The van der Waals surface area contributed by atoms with E-state index in [0.29, 0.717) is 12.1 Å². The summed E-state index contributed by atoms with van der Waals surface area (Å²) >= 11 is 0. The highest BCUT2D eigenvalue weighted by Crippen LogP contribution is 2.35. The van der Waals surface area contributed by atoms with E-state index in [0.717, 1.165) is 6.07 Å². The number of hydrogen-bond donors (Lipinski definition) is 0. The van der Waals surface area contributed by atoms with Gasteiger partial charge < -0.3 is 0 Å². The Hall–Kier alpha value is -2.61. The Labute approximate surface area is 98.8 Å². The molecular formula is C10H4F3N3O2. The van der Waals surface area contributed by atoms with Crippen LogP contribution < -0.4 is 0 Å². The number of rotatable bonds is 2. The van der Waals surface area contributed by atoms with Gasteiger partial charge in [0.1, 0.15) is 0 Å². The first-order valence-corrected chi connectivity index (χ1v) is 4.46. The second-order valence-corrected chi connectivity index (χ2v) is 3.22. The van der Waals surface area contributed by atoms with Crippen LogP contribution in [0, 0.1) is 32.8 Å². The molecule has 0 heterocycles. The van der Waals surface area contributed by atoms with Crippen molar-refractivity contribution in [2.45, 2.75) is 12.1 Å². The largest absolute Gasteiger partial charge is 0.416 e. The number of halogens is 3. The number of benzene rings is 1. The van der Waals surface area contributed by atoms with E-state index in [2.05, 4.69) is 0 Å². The maximum absolute atomic E-state index is 12.4. The standard InChI is InChI=1S/C10H4F3N3O2/c11-10(12,13)7-1-2-8(6(4-14)5-15)9(3-7)16(17)18/h1-3,6H. The zero-order valence-corrected chi connectivity index (χ0v) is 8.60. The molecule has 0 saturated heterocycles. The number of nitro benzene ring substituents is 1. The van der Waals surface area contributed by atoms with E-state index in [1.54, 1.807) is 0 Å². The van der Waals surface area contributed by atoms with E-state index in [9.17, 15) is 23.3 Å². The van der Waals surface area contributed by atoms with Crippen LogP contribution in [0.2, 0.25) is 0 Å². The fraction of sp³-hybridized carbons (Fsp3) is 0.200. The molecule has 1 aromatic carbocycles. The number of alkyl halides is 3. The van der Waals surface area contributed by atoms with Gasteiger partial charge in [0, 0.05) is 6.07 Å². The van der Waals surface area contributed by atoms with E-state index >= 15 is 0 Å². The molecule has 0 atom stereocenters. The van der Waals surface area contributed by atoms with Gasteiger partial charge in [-0.1, -0.05) is 0 Å². The summed E-state index contributed by atoms with van der Waals surface area (Å²) < 4.78 is 37.1. The predicted molar refractivity (Wildman–Crippen MR) is 52.1 cm³/mol. The van der Waals surface area contributed by atoms with Gasteiger partial charge in [-0.2, -0.15) is 23.7 Å². The summed E-state index contributed by atoms with van der Waals surface area (Å²) in [5, 5.41) is 27.9. The maximum atomic E-state index is 12.4. The highest BCUT2D eigenvalue weighted by atomic mass is 19.4. The molecule has 0 aromatic heterocycles. The van der Waals surface area contributed by atoms with Crippen LogP contribution in [0.25, 0.3) is 0 Å². The van der Waals surface area contributed by atoms with Crippen molar-refractivity contribution in [2.75, 3.05) is 0 Å². The Morgan fingerprint density at radius 1 is 1.28 bits per heavy atom. The number of hydrogen-bond acceptors (Lipinski definition) is 4. The van der Waals surface area contributed by atoms with Gasteiger partial charge in [-0.05, 0) is 12.1 Å². The zero-order valence-electron chi connectivity index (χ0n) is 8.60. The van der Waals surface area contributed by atoms with E-state index in [-0.39, 0.29) is 5.56 Å². The summed E-state index contributed by atoms with van der Waals surface area (Å²) in [6, 6.07) is 4.64. The molecule has 0 aliphatic carbocycles. The minimum Gasteiger partial charge on any atom is -0.258 e. The molecule has 5 nitrogen and oxygen atoms in total. The quantitative estimate of drug-likeness (QED) is 0.600. The summed E-state index contributed by atoms with van der Waals surface area (Å²) in [6.07, 6.45) is -4.72. The normalized spacial score (nSPS) is 10.8. The first kappa shape index (κ1) is 13.5. The average Bonchev–Trinajstić information content (AvgIpc) is 2.29. The summed E-state index contributed by atoms with van der Waals surface area (Å²) in [5.41, 5.74) is -2.44. The Morgan fingerprint density at radius 2 is 1.83 bits per heavy atom. The second kappa shape index (κ2) is 4.72. The van der Waals surface area contributed by atoms with Gasteiger partial charge in [0.25, 0.3) is 5.69 Å². The van der Waals surface area contributed by atoms with Gasteiger partial charge in [0.15, 0.2) is 5.92 Å². The molecule has 0 saturated carbocycles. The molecule has 0 radical (unpaired) electrons. The number of nitro groups is 1.